The van der Waals surface area contributed by atoms with Gasteiger partial charge in [-0.3, -0.25) is 4.79 Å². The Labute approximate surface area is 89.9 Å². The highest BCUT2D eigenvalue weighted by Crippen LogP contribution is 2.59. The largest absolute Gasteiger partial charge is 0.481 e. The first-order chi connectivity index (χ1) is 7.09. The van der Waals surface area contributed by atoms with Gasteiger partial charge in [-0.25, -0.2) is 0 Å². The Morgan fingerprint density at radius 3 is 2.40 bits per heavy atom. The maximum atomic E-state index is 11.1. The van der Waals surface area contributed by atoms with Gasteiger partial charge in [-0.2, -0.15) is 0 Å². The van der Waals surface area contributed by atoms with Gasteiger partial charge in [0, 0.05) is 5.41 Å². The van der Waals surface area contributed by atoms with Crippen molar-refractivity contribution in [3.8, 4) is 0 Å². The topological polar surface area (TPSA) is 37.3 Å². The van der Waals surface area contributed by atoms with Crippen molar-refractivity contribution in [1.82, 2.24) is 0 Å². The van der Waals surface area contributed by atoms with E-state index in [0.717, 1.165) is 6.42 Å². The molecule has 2 nitrogen and oxygen atoms in total. The predicted octanol–water partition coefficient (Wildman–Crippen LogP) is 2.68. The van der Waals surface area contributed by atoms with Crippen molar-refractivity contribution in [3.63, 3.8) is 0 Å². The minimum Gasteiger partial charge on any atom is -0.481 e. The number of hydrogen-bond acceptors (Lipinski definition) is 1. The predicted molar refractivity (Wildman–Crippen MR) is 58.7 cm³/mol. The Kier molecular flexibility index (Phi) is 2.29. The summed E-state index contributed by atoms with van der Waals surface area (Å²) in [6.45, 7) is 4.21. The van der Waals surface area contributed by atoms with Gasteiger partial charge in [-0.05, 0) is 17.9 Å². The molecule has 0 spiro atoms. The fraction of sp³-hybridized carbons (Fsp3) is 0.462. The number of rotatable bonds is 3. The third-order valence-electron chi connectivity index (χ3n) is 3.64. The number of hydrogen-bond donors (Lipinski definition) is 1. The number of benzene rings is 1. The zero-order chi connectivity index (χ0) is 11.1. The summed E-state index contributed by atoms with van der Waals surface area (Å²) < 4.78 is 0. The number of carbonyl (C=O) groups is 1. The van der Waals surface area contributed by atoms with Crippen LogP contribution in [0.5, 0.6) is 0 Å². The molecule has 0 aromatic heterocycles. The van der Waals surface area contributed by atoms with Crippen LogP contribution in [0.25, 0.3) is 0 Å². The summed E-state index contributed by atoms with van der Waals surface area (Å²) in [6, 6.07) is 10.0. The molecule has 1 saturated carbocycles. The van der Waals surface area contributed by atoms with Gasteiger partial charge in [-0.1, -0.05) is 44.2 Å². The molecule has 2 rings (SSSR count). The lowest BCUT2D eigenvalue weighted by atomic mass is 9.83. The van der Waals surface area contributed by atoms with Crippen LogP contribution in [0.15, 0.2) is 30.3 Å². The van der Waals surface area contributed by atoms with E-state index in [-0.39, 0.29) is 11.3 Å². The Balaban J connectivity index is 2.36. The Morgan fingerprint density at radius 1 is 1.40 bits per heavy atom. The van der Waals surface area contributed by atoms with Crippen LogP contribution in [-0.4, -0.2) is 11.1 Å². The molecule has 80 valence electrons. The van der Waals surface area contributed by atoms with Crippen LogP contribution in [-0.2, 0) is 10.2 Å². The second-order valence-electron chi connectivity index (χ2n) is 4.66. The normalized spacial score (nSPS) is 29.1. The summed E-state index contributed by atoms with van der Waals surface area (Å²) in [7, 11) is 0. The molecule has 1 fully saturated rings. The first kappa shape index (κ1) is 10.2. The molecule has 0 amide bonds. The van der Waals surface area contributed by atoms with Crippen LogP contribution in [0.3, 0.4) is 0 Å². The van der Waals surface area contributed by atoms with Crippen LogP contribution in [0.4, 0.5) is 0 Å². The Morgan fingerprint density at radius 2 is 2.00 bits per heavy atom. The van der Waals surface area contributed by atoms with Crippen LogP contribution >= 0.6 is 0 Å². The molecule has 0 radical (unpaired) electrons. The maximum absolute atomic E-state index is 11.1. The Bertz CT molecular complexity index is 369. The van der Waals surface area contributed by atoms with Crippen molar-refractivity contribution < 1.29 is 9.90 Å². The molecule has 0 unspecified atom stereocenters. The van der Waals surface area contributed by atoms with Gasteiger partial charge in [-0.15, -0.1) is 0 Å². The van der Waals surface area contributed by atoms with E-state index in [2.05, 4.69) is 13.8 Å². The summed E-state index contributed by atoms with van der Waals surface area (Å²) in [5.74, 6) is -0.478. The molecule has 1 aromatic rings. The number of carboxylic acid groups (broad SMARTS) is 1. The summed E-state index contributed by atoms with van der Waals surface area (Å²) in [5.41, 5.74) is 1.06. The minimum absolute atomic E-state index is 0.118. The Hall–Kier alpha value is -1.31. The fourth-order valence-corrected chi connectivity index (χ4v) is 2.63. The van der Waals surface area contributed by atoms with Crippen LogP contribution in [0, 0.1) is 11.8 Å². The highest BCUT2D eigenvalue weighted by molar-refractivity contribution is 5.77. The quantitative estimate of drug-likeness (QED) is 0.821. The highest BCUT2D eigenvalue weighted by atomic mass is 16.4. The lowest BCUT2D eigenvalue weighted by Crippen LogP contribution is -2.21. The molecule has 2 heteroatoms. The minimum atomic E-state index is -0.660. The molecule has 2 atom stereocenters. The zero-order valence-corrected chi connectivity index (χ0v) is 9.10. The van der Waals surface area contributed by atoms with Gasteiger partial charge in [0.25, 0.3) is 0 Å². The van der Waals surface area contributed by atoms with Crippen LogP contribution < -0.4 is 0 Å². The third kappa shape index (κ3) is 1.44. The molecular weight excluding hydrogens is 188 g/mol. The zero-order valence-electron chi connectivity index (χ0n) is 9.10. The van der Waals surface area contributed by atoms with Gasteiger partial charge in [0.1, 0.15) is 0 Å². The number of aliphatic carboxylic acids is 1. The SMILES string of the molecule is CC(C)[C@]1(c2ccccc2)C[C@H]1C(=O)O. The van der Waals surface area contributed by atoms with Gasteiger partial charge < -0.3 is 5.11 Å². The lowest BCUT2D eigenvalue weighted by Gasteiger charge is -2.21. The molecule has 0 saturated heterocycles. The average Bonchev–Trinajstić information content (AvgIpc) is 2.95. The molecule has 1 N–H and O–H groups in total. The molecule has 0 bridgehead atoms. The van der Waals surface area contributed by atoms with Gasteiger partial charge in [0.15, 0.2) is 0 Å². The van der Waals surface area contributed by atoms with E-state index in [9.17, 15) is 4.79 Å². The summed E-state index contributed by atoms with van der Waals surface area (Å²) in [5, 5.41) is 9.10. The summed E-state index contributed by atoms with van der Waals surface area (Å²) >= 11 is 0. The lowest BCUT2D eigenvalue weighted by molar-refractivity contribution is -0.139. The second kappa shape index (κ2) is 3.37. The molecule has 1 aromatic carbocycles. The van der Waals surface area contributed by atoms with Gasteiger partial charge >= 0.3 is 5.97 Å². The fourth-order valence-electron chi connectivity index (χ4n) is 2.63. The molecule has 1 aliphatic rings. The van der Waals surface area contributed by atoms with E-state index in [4.69, 9.17) is 5.11 Å². The van der Waals surface area contributed by atoms with Gasteiger partial charge in [0.2, 0.25) is 0 Å². The average molecular weight is 204 g/mol. The molecule has 15 heavy (non-hydrogen) atoms. The van der Waals surface area contributed by atoms with E-state index >= 15 is 0 Å². The molecule has 0 heterocycles. The third-order valence-corrected chi connectivity index (χ3v) is 3.64. The van der Waals surface area contributed by atoms with Crippen LogP contribution in [0.2, 0.25) is 0 Å². The van der Waals surface area contributed by atoms with E-state index < -0.39 is 5.97 Å². The second-order valence-corrected chi connectivity index (χ2v) is 4.66. The van der Waals surface area contributed by atoms with E-state index in [1.54, 1.807) is 0 Å². The highest BCUT2D eigenvalue weighted by Gasteiger charge is 2.61. The van der Waals surface area contributed by atoms with Crippen LogP contribution in [0.1, 0.15) is 25.8 Å². The van der Waals surface area contributed by atoms with Crippen molar-refractivity contribution >= 4 is 5.97 Å². The smallest absolute Gasteiger partial charge is 0.307 e. The molecular formula is C13H16O2. The number of carboxylic acids is 1. The van der Waals surface area contributed by atoms with Crippen molar-refractivity contribution in [1.29, 1.82) is 0 Å². The first-order valence-electron chi connectivity index (χ1n) is 5.37. The first-order valence-corrected chi connectivity index (χ1v) is 5.37. The van der Waals surface area contributed by atoms with E-state index in [1.807, 2.05) is 30.3 Å². The van der Waals surface area contributed by atoms with Crippen molar-refractivity contribution in [2.24, 2.45) is 11.8 Å². The van der Waals surface area contributed by atoms with Crippen molar-refractivity contribution in [3.05, 3.63) is 35.9 Å². The van der Waals surface area contributed by atoms with E-state index in [0.29, 0.717) is 5.92 Å². The molecule has 1 aliphatic carbocycles. The van der Waals surface area contributed by atoms with Crippen molar-refractivity contribution in [2.75, 3.05) is 0 Å². The summed E-state index contributed by atoms with van der Waals surface area (Å²) in [6.07, 6.45) is 0.782. The monoisotopic (exact) mass is 204 g/mol. The molecule has 0 aliphatic heterocycles. The van der Waals surface area contributed by atoms with E-state index in [1.165, 1.54) is 5.56 Å². The van der Waals surface area contributed by atoms with Crippen molar-refractivity contribution in [2.45, 2.75) is 25.7 Å². The standard InChI is InChI=1S/C13H16O2/c1-9(2)13(8-11(13)12(14)15)10-6-4-3-5-7-10/h3-7,9,11H,8H2,1-2H3,(H,14,15)/t11-,13-/m0/s1. The summed E-state index contributed by atoms with van der Waals surface area (Å²) in [4.78, 5) is 11.1. The van der Waals surface area contributed by atoms with Gasteiger partial charge in [0.05, 0.1) is 5.92 Å². The maximum Gasteiger partial charge on any atom is 0.307 e.